The fourth-order valence-corrected chi connectivity index (χ4v) is 1.79. The first-order chi connectivity index (χ1) is 8.53. The van der Waals surface area contributed by atoms with E-state index >= 15 is 0 Å². The Morgan fingerprint density at radius 3 is 2.61 bits per heavy atom. The number of nitrogens with zero attached hydrogens (tertiary/aromatic N) is 2. The minimum Gasteiger partial charge on any atom is -0.308 e. The Morgan fingerprint density at radius 1 is 1.17 bits per heavy atom. The van der Waals surface area contributed by atoms with E-state index in [9.17, 15) is 0 Å². The molecule has 0 saturated carbocycles. The molecule has 0 unspecified atom stereocenters. The number of nitrogens with one attached hydrogen (secondary N) is 1. The molecule has 0 spiro atoms. The molecule has 0 amide bonds. The SMILES string of the molecule is CC(C)(C)NCc1cccc(Cn2cccn2)c1. The van der Waals surface area contributed by atoms with Gasteiger partial charge in [-0.2, -0.15) is 5.10 Å². The second-order valence-corrected chi connectivity index (χ2v) is 5.63. The van der Waals surface area contributed by atoms with Crippen molar-refractivity contribution >= 4 is 0 Å². The highest BCUT2D eigenvalue weighted by molar-refractivity contribution is 5.23. The number of rotatable bonds is 4. The van der Waals surface area contributed by atoms with E-state index in [0.717, 1.165) is 13.1 Å². The van der Waals surface area contributed by atoms with Crippen LogP contribution in [-0.2, 0) is 13.1 Å². The van der Waals surface area contributed by atoms with Crippen molar-refractivity contribution in [3.8, 4) is 0 Å². The average molecular weight is 243 g/mol. The van der Waals surface area contributed by atoms with Gasteiger partial charge in [-0.15, -0.1) is 0 Å². The van der Waals surface area contributed by atoms with Gasteiger partial charge < -0.3 is 5.32 Å². The molecule has 1 aromatic carbocycles. The molecule has 2 rings (SSSR count). The van der Waals surface area contributed by atoms with Crippen LogP contribution in [0.5, 0.6) is 0 Å². The quantitative estimate of drug-likeness (QED) is 0.895. The number of hydrogen-bond acceptors (Lipinski definition) is 2. The highest BCUT2D eigenvalue weighted by Gasteiger charge is 2.08. The summed E-state index contributed by atoms with van der Waals surface area (Å²) < 4.78 is 1.94. The molecule has 18 heavy (non-hydrogen) atoms. The normalized spacial score (nSPS) is 11.7. The molecule has 0 fully saturated rings. The first-order valence-electron chi connectivity index (χ1n) is 6.33. The summed E-state index contributed by atoms with van der Waals surface area (Å²) in [5.41, 5.74) is 2.75. The third-order valence-corrected chi connectivity index (χ3v) is 2.72. The van der Waals surface area contributed by atoms with Crippen molar-refractivity contribution in [2.45, 2.75) is 39.4 Å². The van der Waals surface area contributed by atoms with Crippen molar-refractivity contribution in [2.75, 3.05) is 0 Å². The zero-order chi connectivity index (χ0) is 13.0. The maximum absolute atomic E-state index is 4.23. The van der Waals surface area contributed by atoms with E-state index in [-0.39, 0.29) is 5.54 Å². The summed E-state index contributed by atoms with van der Waals surface area (Å²) in [5.74, 6) is 0. The van der Waals surface area contributed by atoms with Crippen LogP contribution in [0.4, 0.5) is 0 Å². The van der Waals surface area contributed by atoms with Crippen LogP contribution in [0.3, 0.4) is 0 Å². The van der Waals surface area contributed by atoms with Crippen LogP contribution in [0.2, 0.25) is 0 Å². The minimum absolute atomic E-state index is 0.151. The van der Waals surface area contributed by atoms with E-state index in [1.165, 1.54) is 11.1 Å². The van der Waals surface area contributed by atoms with Gasteiger partial charge in [-0.1, -0.05) is 24.3 Å². The summed E-state index contributed by atoms with van der Waals surface area (Å²) in [6.45, 7) is 8.27. The summed E-state index contributed by atoms with van der Waals surface area (Å²) in [7, 11) is 0. The van der Waals surface area contributed by atoms with Crippen molar-refractivity contribution in [3.63, 3.8) is 0 Å². The van der Waals surface area contributed by atoms with E-state index in [4.69, 9.17) is 0 Å². The van der Waals surface area contributed by atoms with Gasteiger partial charge in [0.05, 0.1) is 6.54 Å². The monoisotopic (exact) mass is 243 g/mol. The zero-order valence-corrected chi connectivity index (χ0v) is 11.4. The van der Waals surface area contributed by atoms with Gasteiger partial charge in [-0.05, 0) is 38.0 Å². The Hall–Kier alpha value is -1.61. The lowest BCUT2D eigenvalue weighted by molar-refractivity contribution is 0.424. The predicted molar refractivity (Wildman–Crippen MR) is 74.4 cm³/mol. The second kappa shape index (κ2) is 5.36. The molecule has 1 aromatic heterocycles. The smallest absolute Gasteiger partial charge is 0.0659 e. The molecule has 3 nitrogen and oxygen atoms in total. The molecule has 3 heteroatoms. The molecule has 0 saturated heterocycles. The van der Waals surface area contributed by atoms with Crippen LogP contribution in [0.15, 0.2) is 42.7 Å². The van der Waals surface area contributed by atoms with Crippen LogP contribution in [0.1, 0.15) is 31.9 Å². The van der Waals surface area contributed by atoms with Crippen molar-refractivity contribution in [1.29, 1.82) is 0 Å². The lowest BCUT2D eigenvalue weighted by Gasteiger charge is -2.20. The van der Waals surface area contributed by atoms with E-state index in [0.29, 0.717) is 0 Å². The number of aromatic nitrogens is 2. The molecule has 1 heterocycles. The van der Waals surface area contributed by atoms with Crippen molar-refractivity contribution in [3.05, 3.63) is 53.9 Å². The lowest BCUT2D eigenvalue weighted by atomic mass is 10.1. The molecule has 2 aromatic rings. The summed E-state index contributed by atoms with van der Waals surface area (Å²) in [4.78, 5) is 0. The molecule has 96 valence electrons. The molecule has 0 bridgehead atoms. The Kier molecular flexibility index (Phi) is 3.82. The van der Waals surface area contributed by atoms with Gasteiger partial charge in [-0.25, -0.2) is 0 Å². The number of hydrogen-bond donors (Lipinski definition) is 1. The van der Waals surface area contributed by atoms with Gasteiger partial charge in [0.25, 0.3) is 0 Å². The van der Waals surface area contributed by atoms with Gasteiger partial charge in [0.2, 0.25) is 0 Å². The Labute approximate surface area is 109 Å². The van der Waals surface area contributed by atoms with Crippen molar-refractivity contribution in [2.24, 2.45) is 0 Å². The Bertz CT molecular complexity index is 481. The van der Waals surface area contributed by atoms with Gasteiger partial charge in [-0.3, -0.25) is 4.68 Å². The first-order valence-corrected chi connectivity index (χ1v) is 6.33. The van der Waals surface area contributed by atoms with Crippen LogP contribution in [0.25, 0.3) is 0 Å². The molecule has 0 radical (unpaired) electrons. The van der Waals surface area contributed by atoms with Gasteiger partial charge in [0, 0.05) is 24.5 Å². The van der Waals surface area contributed by atoms with Gasteiger partial charge in [0.1, 0.15) is 0 Å². The van der Waals surface area contributed by atoms with E-state index in [1.54, 1.807) is 0 Å². The lowest BCUT2D eigenvalue weighted by Crippen LogP contribution is -2.35. The highest BCUT2D eigenvalue weighted by Crippen LogP contribution is 2.09. The third kappa shape index (κ3) is 4.00. The summed E-state index contributed by atoms with van der Waals surface area (Å²) in [6, 6.07) is 10.6. The van der Waals surface area contributed by atoms with Crippen molar-refractivity contribution in [1.82, 2.24) is 15.1 Å². The average Bonchev–Trinajstić information content (AvgIpc) is 2.79. The summed E-state index contributed by atoms with van der Waals surface area (Å²) in [6.07, 6.45) is 3.80. The zero-order valence-electron chi connectivity index (χ0n) is 11.4. The van der Waals surface area contributed by atoms with Crippen LogP contribution >= 0.6 is 0 Å². The highest BCUT2D eigenvalue weighted by atomic mass is 15.3. The molecule has 0 aliphatic rings. The molecular weight excluding hydrogens is 222 g/mol. The maximum Gasteiger partial charge on any atom is 0.0659 e. The standard InChI is InChI=1S/C15H21N3/c1-15(2,3)16-11-13-6-4-7-14(10-13)12-18-9-5-8-17-18/h4-10,16H,11-12H2,1-3H3. The largest absolute Gasteiger partial charge is 0.308 e. The van der Waals surface area contributed by atoms with Crippen LogP contribution in [0, 0.1) is 0 Å². The van der Waals surface area contributed by atoms with Crippen LogP contribution in [-0.4, -0.2) is 15.3 Å². The van der Waals surface area contributed by atoms with Gasteiger partial charge in [0.15, 0.2) is 0 Å². The van der Waals surface area contributed by atoms with Crippen molar-refractivity contribution < 1.29 is 0 Å². The van der Waals surface area contributed by atoms with E-state index in [1.807, 2.05) is 23.1 Å². The molecule has 0 atom stereocenters. The molecule has 0 aliphatic heterocycles. The fraction of sp³-hybridized carbons (Fsp3) is 0.400. The predicted octanol–water partition coefficient (Wildman–Crippen LogP) is 2.82. The van der Waals surface area contributed by atoms with Crippen LogP contribution < -0.4 is 5.32 Å². The second-order valence-electron chi connectivity index (χ2n) is 5.63. The third-order valence-electron chi connectivity index (χ3n) is 2.72. The number of benzene rings is 1. The molecule has 1 N–H and O–H groups in total. The van der Waals surface area contributed by atoms with Gasteiger partial charge >= 0.3 is 0 Å². The van der Waals surface area contributed by atoms with E-state index < -0.39 is 0 Å². The minimum atomic E-state index is 0.151. The fourth-order valence-electron chi connectivity index (χ4n) is 1.79. The maximum atomic E-state index is 4.23. The summed E-state index contributed by atoms with van der Waals surface area (Å²) in [5, 5.41) is 7.73. The first kappa shape index (κ1) is 12.8. The Balaban J connectivity index is 2.01. The topological polar surface area (TPSA) is 29.9 Å². The molecular formula is C15H21N3. The molecule has 0 aliphatic carbocycles. The van der Waals surface area contributed by atoms with E-state index in [2.05, 4.69) is 55.5 Å². The summed E-state index contributed by atoms with van der Waals surface area (Å²) >= 11 is 0. The Morgan fingerprint density at radius 2 is 1.94 bits per heavy atom.